The van der Waals surface area contributed by atoms with Gasteiger partial charge in [-0.1, -0.05) is 23.7 Å². The molecule has 1 saturated heterocycles. The number of rotatable bonds is 9. The molecule has 2 aliphatic heterocycles. The highest BCUT2D eigenvalue weighted by molar-refractivity contribution is 7.99. The summed E-state index contributed by atoms with van der Waals surface area (Å²) in [5, 5.41) is 10.1. The summed E-state index contributed by atoms with van der Waals surface area (Å²) in [6.07, 6.45) is 2.15. The van der Waals surface area contributed by atoms with Crippen LogP contribution in [0.5, 0.6) is 17.2 Å². The number of benzene rings is 3. The van der Waals surface area contributed by atoms with Crippen LogP contribution in [0.3, 0.4) is 0 Å². The zero-order valence-corrected chi connectivity index (χ0v) is 23.5. The lowest BCUT2D eigenvalue weighted by atomic mass is 9.88. The van der Waals surface area contributed by atoms with Crippen molar-refractivity contribution in [3.8, 4) is 17.2 Å². The van der Waals surface area contributed by atoms with Crippen molar-refractivity contribution in [1.29, 1.82) is 0 Å². The number of phenolic OH excluding ortho intramolecular Hbond substituents is 1. The topological polar surface area (TPSA) is 41.9 Å². The summed E-state index contributed by atoms with van der Waals surface area (Å²) in [4.78, 5) is 3.18. The molecule has 3 aromatic rings. The van der Waals surface area contributed by atoms with Gasteiger partial charge in [-0.05, 0) is 90.9 Å². The van der Waals surface area contributed by atoms with Gasteiger partial charge in [0.15, 0.2) is 5.82 Å². The van der Waals surface area contributed by atoms with Crippen LogP contribution in [-0.2, 0) is 0 Å². The van der Waals surface area contributed by atoms with Crippen molar-refractivity contribution >= 4 is 34.5 Å². The van der Waals surface area contributed by atoms with Crippen LogP contribution in [0.25, 0.3) is 11.1 Å². The van der Waals surface area contributed by atoms with Gasteiger partial charge in [0.2, 0.25) is 0 Å². The molecule has 1 N–H and O–H groups in total. The molecule has 0 saturated carbocycles. The standard InChI is InChI=1S/C31H32ClF2NO3S/c1-2-37-27-11-10-25(31(34)30(27)32)24-13-17-39-28-18-21(36)6-9-26(28)29(24)20-4-7-22(8-5-20)38-23-12-16-35(19-23)15-3-14-33/h4-11,18,23,36H,2-3,12-17,19H2,1H3/t23-/m0/s1. The third-order valence-corrected chi connectivity index (χ3v) is 8.51. The van der Waals surface area contributed by atoms with Crippen LogP contribution in [0.1, 0.15) is 42.9 Å². The molecule has 5 rings (SSSR count). The molecule has 1 atom stereocenters. The summed E-state index contributed by atoms with van der Waals surface area (Å²) < 4.78 is 40.0. The van der Waals surface area contributed by atoms with E-state index in [-0.39, 0.29) is 23.6 Å². The molecule has 206 valence electrons. The van der Waals surface area contributed by atoms with E-state index in [1.165, 1.54) is 0 Å². The zero-order chi connectivity index (χ0) is 27.4. The first-order valence-electron chi connectivity index (χ1n) is 13.3. The Hall–Kier alpha value is -2.74. The van der Waals surface area contributed by atoms with Gasteiger partial charge < -0.3 is 14.6 Å². The fourth-order valence-electron chi connectivity index (χ4n) is 5.29. The van der Waals surface area contributed by atoms with E-state index in [1.54, 1.807) is 36.0 Å². The fraction of sp³-hybridized carbons (Fsp3) is 0.355. The Morgan fingerprint density at radius 2 is 1.90 bits per heavy atom. The number of phenols is 1. The molecule has 0 aromatic heterocycles. The van der Waals surface area contributed by atoms with Crippen LogP contribution in [0, 0.1) is 5.82 Å². The Labute approximate surface area is 237 Å². The lowest BCUT2D eigenvalue weighted by Gasteiger charge is -2.19. The minimum atomic E-state index is -0.499. The largest absolute Gasteiger partial charge is 0.508 e. The van der Waals surface area contributed by atoms with Crippen LogP contribution in [0.4, 0.5) is 8.78 Å². The average Bonchev–Trinajstić information content (AvgIpc) is 3.30. The molecule has 3 aromatic carbocycles. The Kier molecular flexibility index (Phi) is 9.00. The van der Waals surface area contributed by atoms with Crippen molar-refractivity contribution in [3.05, 3.63) is 82.1 Å². The third-order valence-electron chi connectivity index (χ3n) is 7.10. The number of likely N-dealkylation sites (tertiary alicyclic amines) is 1. The first-order chi connectivity index (χ1) is 19.0. The summed E-state index contributed by atoms with van der Waals surface area (Å²) in [5.41, 5.74) is 4.05. The van der Waals surface area contributed by atoms with E-state index in [9.17, 15) is 9.50 Å². The fourth-order valence-corrected chi connectivity index (χ4v) is 6.57. The van der Waals surface area contributed by atoms with Crippen LogP contribution in [-0.4, -0.2) is 54.8 Å². The number of alkyl halides is 1. The smallest absolute Gasteiger partial charge is 0.153 e. The highest BCUT2D eigenvalue weighted by Crippen LogP contribution is 2.46. The second-order valence-corrected chi connectivity index (χ2v) is 11.2. The molecule has 0 unspecified atom stereocenters. The Morgan fingerprint density at radius 1 is 1.10 bits per heavy atom. The van der Waals surface area contributed by atoms with E-state index < -0.39 is 5.82 Å². The van der Waals surface area contributed by atoms with Crippen molar-refractivity contribution in [1.82, 2.24) is 4.90 Å². The Balaban J connectivity index is 1.51. The molecule has 2 aliphatic rings. The maximum atomic E-state index is 15.7. The number of halogens is 3. The van der Waals surface area contributed by atoms with Gasteiger partial charge in [0.25, 0.3) is 0 Å². The molecule has 0 bridgehead atoms. The van der Waals surface area contributed by atoms with Crippen molar-refractivity contribution in [3.63, 3.8) is 0 Å². The van der Waals surface area contributed by atoms with Gasteiger partial charge in [0.05, 0.1) is 13.3 Å². The van der Waals surface area contributed by atoms with E-state index in [0.717, 1.165) is 64.7 Å². The minimum Gasteiger partial charge on any atom is -0.508 e. The number of ether oxygens (including phenoxy) is 2. The van der Waals surface area contributed by atoms with Crippen LogP contribution < -0.4 is 9.47 Å². The third kappa shape index (κ3) is 6.21. The predicted octanol–water partition coefficient (Wildman–Crippen LogP) is 7.85. The van der Waals surface area contributed by atoms with Crippen molar-refractivity contribution < 1.29 is 23.4 Å². The molecule has 2 heterocycles. The molecule has 0 amide bonds. The summed E-state index contributed by atoms with van der Waals surface area (Å²) in [6.45, 7) is 4.39. The van der Waals surface area contributed by atoms with E-state index in [4.69, 9.17) is 21.1 Å². The summed E-state index contributed by atoms with van der Waals surface area (Å²) in [5.74, 6) is 1.51. The quantitative estimate of drug-likeness (QED) is 0.283. The van der Waals surface area contributed by atoms with Crippen LogP contribution in [0.15, 0.2) is 59.5 Å². The van der Waals surface area contributed by atoms with Gasteiger partial charge in [-0.15, -0.1) is 11.8 Å². The Bertz CT molecular complexity index is 1350. The zero-order valence-electron chi connectivity index (χ0n) is 21.9. The summed E-state index contributed by atoms with van der Waals surface area (Å²) >= 11 is 8.03. The van der Waals surface area contributed by atoms with Crippen molar-refractivity contribution in [2.75, 3.05) is 38.7 Å². The minimum absolute atomic E-state index is 0.0232. The first kappa shape index (κ1) is 27.8. The number of hydrogen-bond acceptors (Lipinski definition) is 5. The number of thioether (sulfide) groups is 1. The van der Waals surface area contributed by atoms with Crippen LogP contribution in [0.2, 0.25) is 5.02 Å². The molecule has 39 heavy (non-hydrogen) atoms. The first-order valence-corrected chi connectivity index (χ1v) is 14.7. The molecule has 4 nitrogen and oxygen atoms in total. The average molecular weight is 572 g/mol. The highest BCUT2D eigenvalue weighted by atomic mass is 35.5. The van der Waals surface area contributed by atoms with Crippen molar-refractivity contribution in [2.24, 2.45) is 0 Å². The molecule has 8 heteroatoms. The van der Waals surface area contributed by atoms with Gasteiger partial charge in [-0.25, -0.2) is 4.39 Å². The lowest BCUT2D eigenvalue weighted by Crippen LogP contribution is -2.26. The van der Waals surface area contributed by atoms with Crippen molar-refractivity contribution in [2.45, 2.75) is 37.2 Å². The molecule has 0 aliphatic carbocycles. The van der Waals surface area contributed by atoms with E-state index in [0.29, 0.717) is 30.8 Å². The normalized spacial score (nSPS) is 17.7. The second-order valence-electron chi connectivity index (χ2n) is 9.70. The van der Waals surface area contributed by atoms with E-state index in [2.05, 4.69) is 4.90 Å². The number of aromatic hydroxyl groups is 1. The second kappa shape index (κ2) is 12.6. The van der Waals surface area contributed by atoms with Gasteiger partial charge in [0, 0.05) is 35.8 Å². The van der Waals surface area contributed by atoms with Gasteiger partial charge in [-0.3, -0.25) is 9.29 Å². The number of allylic oxidation sites excluding steroid dienone is 1. The number of fused-ring (bicyclic) bond motifs is 1. The molecular formula is C31H32ClF2NO3S. The monoisotopic (exact) mass is 571 g/mol. The molecule has 0 spiro atoms. The molecular weight excluding hydrogens is 540 g/mol. The van der Waals surface area contributed by atoms with Gasteiger partial charge in [0.1, 0.15) is 28.4 Å². The predicted molar refractivity (Wildman–Crippen MR) is 154 cm³/mol. The van der Waals surface area contributed by atoms with Gasteiger partial charge >= 0.3 is 0 Å². The number of hydrogen-bond donors (Lipinski definition) is 1. The maximum absolute atomic E-state index is 15.7. The highest BCUT2D eigenvalue weighted by Gasteiger charge is 2.26. The van der Waals surface area contributed by atoms with E-state index in [1.807, 2.05) is 37.3 Å². The molecule has 1 fully saturated rings. The maximum Gasteiger partial charge on any atom is 0.153 e. The SMILES string of the molecule is CCOc1ccc(C2=C(c3ccc(O[C@H]4CCN(CCCF)C4)cc3)c3ccc(O)cc3SCC2)c(F)c1Cl. The summed E-state index contributed by atoms with van der Waals surface area (Å²) in [6, 6.07) is 16.7. The summed E-state index contributed by atoms with van der Waals surface area (Å²) in [7, 11) is 0. The lowest BCUT2D eigenvalue weighted by molar-refractivity contribution is 0.198. The Morgan fingerprint density at radius 3 is 2.67 bits per heavy atom. The van der Waals surface area contributed by atoms with Crippen LogP contribution >= 0.6 is 23.4 Å². The van der Waals surface area contributed by atoms with Gasteiger partial charge in [-0.2, -0.15) is 0 Å². The van der Waals surface area contributed by atoms with E-state index >= 15 is 4.39 Å². The molecule has 0 radical (unpaired) electrons. The number of nitrogens with zero attached hydrogens (tertiary/aromatic N) is 1.